The number of aromatic nitrogens is 1. The molecule has 1 aromatic rings. The molecule has 0 unspecified atom stereocenters. The van der Waals surface area contributed by atoms with Crippen molar-refractivity contribution in [2.75, 3.05) is 17.7 Å². The Kier molecular flexibility index (Phi) is 4.29. The molecule has 8 heteroatoms. The third-order valence-corrected chi connectivity index (χ3v) is 3.90. The summed E-state index contributed by atoms with van der Waals surface area (Å²) in [5, 5.41) is 20.8. The van der Waals surface area contributed by atoms with Gasteiger partial charge >= 0.3 is 5.69 Å². The van der Waals surface area contributed by atoms with Gasteiger partial charge < -0.3 is 15.7 Å². The molecule has 0 radical (unpaired) electrons. The number of pyridine rings is 1. The van der Waals surface area contributed by atoms with Gasteiger partial charge in [-0.05, 0) is 25.7 Å². The highest BCUT2D eigenvalue weighted by molar-refractivity contribution is 6.30. The number of nitrogen functional groups attached to an aromatic ring is 1. The third kappa shape index (κ3) is 2.94. The molecule has 1 heterocycles. The second-order valence-corrected chi connectivity index (χ2v) is 5.42. The Labute approximate surface area is 121 Å². The van der Waals surface area contributed by atoms with Crippen LogP contribution in [0.4, 0.5) is 17.2 Å². The summed E-state index contributed by atoms with van der Waals surface area (Å²) < 4.78 is 0. The summed E-state index contributed by atoms with van der Waals surface area (Å²) in [6, 6.07) is 1.37. The predicted octanol–water partition coefficient (Wildman–Crippen LogP) is 1.97. The van der Waals surface area contributed by atoms with Crippen molar-refractivity contribution in [2.24, 2.45) is 0 Å². The molecule has 0 bridgehead atoms. The standard InChI is InChI=1S/C12H17ClN4O3/c1-16(7-2-4-8(18)5-3-7)12-11(17(19)20)9(14)6-10(13)15-12/h6-8,18H,2-5H2,1H3,(H2,14,15). The molecule has 110 valence electrons. The van der Waals surface area contributed by atoms with E-state index in [1.807, 2.05) is 0 Å². The zero-order valence-electron chi connectivity index (χ0n) is 11.1. The minimum Gasteiger partial charge on any atom is -0.393 e. The van der Waals surface area contributed by atoms with E-state index < -0.39 is 4.92 Å². The zero-order valence-corrected chi connectivity index (χ0v) is 11.9. The second kappa shape index (κ2) is 5.80. The topological polar surface area (TPSA) is 106 Å². The minimum absolute atomic E-state index is 0.00712. The number of nitro groups is 1. The SMILES string of the molecule is CN(c1nc(Cl)cc(N)c1[N+](=O)[O-])C1CCC(O)CC1. The van der Waals surface area contributed by atoms with Gasteiger partial charge in [-0.2, -0.15) is 0 Å². The predicted molar refractivity (Wildman–Crippen MR) is 77.0 cm³/mol. The fourth-order valence-corrected chi connectivity index (χ4v) is 2.76. The lowest BCUT2D eigenvalue weighted by molar-refractivity contribution is -0.383. The summed E-state index contributed by atoms with van der Waals surface area (Å²) in [5.41, 5.74) is 5.47. The smallest absolute Gasteiger partial charge is 0.334 e. The lowest BCUT2D eigenvalue weighted by Crippen LogP contribution is -2.37. The van der Waals surface area contributed by atoms with Crippen molar-refractivity contribution in [1.29, 1.82) is 0 Å². The lowest BCUT2D eigenvalue weighted by atomic mass is 9.92. The Balaban J connectivity index is 2.33. The van der Waals surface area contributed by atoms with Gasteiger partial charge in [0.15, 0.2) is 0 Å². The summed E-state index contributed by atoms with van der Waals surface area (Å²) in [5.74, 6) is 0.182. The number of rotatable bonds is 3. The van der Waals surface area contributed by atoms with Gasteiger partial charge in [0.25, 0.3) is 0 Å². The molecule has 0 aromatic carbocycles. The molecular weight excluding hydrogens is 284 g/mol. The summed E-state index contributed by atoms with van der Waals surface area (Å²) in [6.07, 6.45) is 2.58. The number of hydrogen-bond acceptors (Lipinski definition) is 6. The van der Waals surface area contributed by atoms with Crippen molar-refractivity contribution in [1.82, 2.24) is 4.98 Å². The van der Waals surface area contributed by atoms with E-state index >= 15 is 0 Å². The molecule has 1 aromatic heterocycles. The maximum absolute atomic E-state index is 11.2. The lowest BCUT2D eigenvalue weighted by Gasteiger charge is -2.33. The van der Waals surface area contributed by atoms with Crippen LogP contribution in [0.25, 0.3) is 0 Å². The van der Waals surface area contributed by atoms with Gasteiger partial charge in [-0.1, -0.05) is 11.6 Å². The monoisotopic (exact) mass is 300 g/mol. The maximum Gasteiger partial charge on any atom is 0.334 e. The highest BCUT2D eigenvalue weighted by atomic mass is 35.5. The number of anilines is 2. The van der Waals surface area contributed by atoms with Crippen LogP contribution in [-0.4, -0.2) is 34.2 Å². The van der Waals surface area contributed by atoms with Crippen molar-refractivity contribution in [2.45, 2.75) is 37.8 Å². The van der Waals surface area contributed by atoms with Crippen molar-refractivity contribution in [3.8, 4) is 0 Å². The molecule has 0 spiro atoms. The van der Waals surface area contributed by atoms with Crippen LogP contribution in [0.5, 0.6) is 0 Å². The summed E-state index contributed by atoms with van der Waals surface area (Å²) in [6.45, 7) is 0. The molecule has 0 amide bonds. The Morgan fingerprint density at radius 1 is 1.50 bits per heavy atom. The number of nitrogens with two attached hydrogens (primary N) is 1. The van der Waals surface area contributed by atoms with E-state index in [0.717, 1.165) is 12.8 Å². The van der Waals surface area contributed by atoms with E-state index in [2.05, 4.69) is 4.98 Å². The fraction of sp³-hybridized carbons (Fsp3) is 0.583. The molecule has 0 atom stereocenters. The first kappa shape index (κ1) is 14.8. The Bertz CT molecular complexity index is 518. The number of hydrogen-bond donors (Lipinski definition) is 2. The van der Waals surface area contributed by atoms with E-state index in [-0.39, 0.29) is 34.5 Å². The van der Waals surface area contributed by atoms with Crippen LogP contribution in [-0.2, 0) is 0 Å². The van der Waals surface area contributed by atoms with Gasteiger partial charge in [0.2, 0.25) is 5.82 Å². The number of aliphatic hydroxyl groups excluding tert-OH is 1. The first-order valence-corrected chi connectivity index (χ1v) is 6.79. The molecule has 2 rings (SSSR count). The highest BCUT2D eigenvalue weighted by Crippen LogP contribution is 2.36. The Morgan fingerprint density at radius 2 is 2.10 bits per heavy atom. The van der Waals surface area contributed by atoms with Crippen molar-refractivity contribution >= 4 is 28.8 Å². The summed E-state index contributed by atoms with van der Waals surface area (Å²) >= 11 is 5.85. The van der Waals surface area contributed by atoms with Gasteiger partial charge in [-0.3, -0.25) is 10.1 Å². The molecule has 1 aliphatic rings. The fourth-order valence-electron chi connectivity index (χ4n) is 2.56. The van der Waals surface area contributed by atoms with Crippen LogP contribution in [0, 0.1) is 10.1 Å². The first-order chi connectivity index (χ1) is 9.40. The Hall–Kier alpha value is -1.60. The molecule has 20 heavy (non-hydrogen) atoms. The summed E-state index contributed by atoms with van der Waals surface area (Å²) in [4.78, 5) is 16.4. The van der Waals surface area contributed by atoms with Crippen LogP contribution >= 0.6 is 11.6 Å². The van der Waals surface area contributed by atoms with Gasteiger partial charge in [0.05, 0.1) is 11.0 Å². The van der Waals surface area contributed by atoms with E-state index in [1.54, 1.807) is 11.9 Å². The molecule has 7 nitrogen and oxygen atoms in total. The van der Waals surface area contributed by atoms with Gasteiger partial charge in [0.1, 0.15) is 10.8 Å². The van der Waals surface area contributed by atoms with Gasteiger partial charge in [-0.25, -0.2) is 4.98 Å². The van der Waals surface area contributed by atoms with E-state index in [1.165, 1.54) is 6.07 Å². The Morgan fingerprint density at radius 3 is 2.65 bits per heavy atom. The van der Waals surface area contributed by atoms with Crippen molar-refractivity contribution in [3.63, 3.8) is 0 Å². The van der Waals surface area contributed by atoms with Crippen LogP contribution < -0.4 is 10.6 Å². The van der Waals surface area contributed by atoms with Gasteiger partial charge in [0, 0.05) is 19.2 Å². The van der Waals surface area contributed by atoms with Crippen molar-refractivity contribution in [3.05, 3.63) is 21.3 Å². The first-order valence-electron chi connectivity index (χ1n) is 6.41. The quantitative estimate of drug-likeness (QED) is 0.502. The number of halogens is 1. The van der Waals surface area contributed by atoms with Crippen LogP contribution in [0.3, 0.4) is 0 Å². The molecule has 1 aliphatic carbocycles. The molecule has 0 aliphatic heterocycles. The normalized spacial score (nSPS) is 22.6. The van der Waals surface area contributed by atoms with Crippen LogP contribution in [0.1, 0.15) is 25.7 Å². The van der Waals surface area contributed by atoms with Gasteiger partial charge in [-0.15, -0.1) is 0 Å². The maximum atomic E-state index is 11.2. The summed E-state index contributed by atoms with van der Waals surface area (Å²) in [7, 11) is 1.74. The average molecular weight is 301 g/mol. The van der Waals surface area contributed by atoms with E-state index in [9.17, 15) is 15.2 Å². The largest absolute Gasteiger partial charge is 0.393 e. The highest BCUT2D eigenvalue weighted by Gasteiger charge is 2.30. The van der Waals surface area contributed by atoms with Crippen molar-refractivity contribution < 1.29 is 10.0 Å². The van der Waals surface area contributed by atoms with Crippen LogP contribution in [0.2, 0.25) is 5.15 Å². The number of nitrogens with zero attached hydrogens (tertiary/aromatic N) is 3. The third-order valence-electron chi connectivity index (χ3n) is 3.70. The average Bonchev–Trinajstić information content (AvgIpc) is 2.37. The van der Waals surface area contributed by atoms with Crippen LogP contribution in [0.15, 0.2) is 6.07 Å². The molecular formula is C12H17ClN4O3. The van der Waals surface area contributed by atoms with E-state index in [0.29, 0.717) is 12.8 Å². The molecule has 3 N–H and O–H groups in total. The molecule has 1 saturated carbocycles. The number of aliphatic hydroxyl groups is 1. The minimum atomic E-state index is -0.540. The zero-order chi connectivity index (χ0) is 14.9. The van der Waals surface area contributed by atoms with E-state index in [4.69, 9.17) is 17.3 Å². The second-order valence-electron chi connectivity index (χ2n) is 5.04. The molecule has 1 fully saturated rings. The molecule has 0 saturated heterocycles.